The standard InChI is InChI=1S/C13H22N2/c1-9-6-10(2)8-11(7-9)12(15-14)13(3,4)5/h6-8,12,15H,14H2,1-5H3. The van der Waals surface area contributed by atoms with Crippen molar-refractivity contribution in [3.63, 3.8) is 0 Å². The van der Waals surface area contributed by atoms with E-state index in [1.165, 1.54) is 16.7 Å². The molecule has 2 nitrogen and oxygen atoms in total. The monoisotopic (exact) mass is 206 g/mol. The third-order valence-electron chi connectivity index (χ3n) is 2.61. The number of aryl methyl sites for hydroxylation is 2. The zero-order valence-corrected chi connectivity index (χ0v) is 10.4. The van der Waals surface area contributed by atoms with Gasteiger partial charge in [-0.1, -0.05) is 50.1 Å². The van der Waals surface area contributed by atoms with Gasteiger partial charge in [0.1, 0.15) is 0 Å². The van der Waals surface area contributed by atoms with Gasteiger partial charge < -0.3 is 0 Å². The van der Waals surface area contributed by atoms with Crippen molar-refractivity contribution in [1.29, 1.82) is 0 Å². The molecule has 84 valence electrons. The minimum absolute atomic E-state index is 0.120. The van der Waals surface area contributed by atoms with Crippen LogP contribution < -0.4 is 11.3 Å². The third-order valence-corrected chi connectivity index (χ3v) is 2.61. The highest BCUT2D eigenvalue weighted by atomic mass is 15.2. The van der Waals surface area contributed by atoms with E-state index >= 15 is 0 Å². The van der Waals surface area contributed by atoms with Crippen LogP contribution in [0.5, 0.6) is 0 Å². The van der Waals surface area contributed by atoms with Crippen LogP contribution in [-0.2, 0) is 0 Å². The molecule has 1 aromatic carbocycles. The van der Waals surface area contributed by atoms with E-state index in [1.54, 1.807) is 0 Å². The second kappa shape index (κ2) is 4.33. The molecular weight excluding hydrogens is 184 g/mol. The Morgan fingerprint density at radius 1 is 1.07 bits per heavy atom. The molecule has 0 radical (unpaired) electrons. The van der Waals surface area contributed by atoms with E-state index in [0.717, 1.165) is 0 Å². The highest BCUT2D eigenvalue weighted by molar-refractivity contribution is 5.31. The van der Waals surface area contributed by atoms with Crippen LogP contribution in [0.3, 0.4) is 0 Å². The quantitative estimate of drug-likeness (QED) is 0.577. The van der Waals surface area contributed by atoms with Crippen LogP contribution in [0, 0.1) is 19.3 Å². The van der Waals surface area contributed by atoms with Crippen molar-refractivity contribution < 1.29 is 0 Å². The van der Waals surface area contributed by atoms with Gasteiger partial charge in [-0.3, -0.25) is 11.3 Å². The van der Waals surface area contributed by atoms with E-state index < -0.39 is 0 Å². The third kappa shape index (κ3) is 3.05. The van der Waals surface area contributed by atoms with E-state index in [9.17, 15) is 0 Å². The molecule has 0 heterocycles. The Kier molecular flexibility index (Phi) is 3.53. The Labute approximate surface area is 92.8 Å². The van der Waals surface area contributed by atoms with Gasteiger partial charge in [0.2, 0.25) is 0 Å². The predicted octanol–water partition coefficient (Wildman–Crippen LogP) is 2.85. The van der Waals surface area contributed by atoms with Gasteiger partial charge in [0.15, 0.2) is 0 Å². The summed E-state index contributed by atoms with van der Waals surface area (Å²) in [6, 6.07) is 6.77. The van der Waals surface area contributed by atoms with E-state index in [1.807, 2.05) is 0 Å². The van der Waals surface area contributed by atoms with Crippen molar-refractivity contribution in [2.45, 2.75) is 40.7 Å². The van der Waals surface area contributed by atoms with E-state index in [-0.39, 0.29) is 11.5 Å². The lowest BCUT2D eigenvalue weighted by molar-refractivity contribution is 0.275. The zero-order valence-electron chi connectivity index (χ0n) is 10.4. The van der Waals surface area contributed by atoms with Crippen LogP contribution in [0.1, 0.15) is 43.5 Å². The lowest BCUT2D eigenvalue weighted by Crippen LogP contribution is -2.36. The van der Waals surface area contributed by atoms with E-state index in [4.69, 9.17) is 5.84 Å². The average Bonchev–Trinajstić information content (AvgIpc) is 1.99. The summed E-state index contributed by atoms with van der Waals surface area (Å²) in [7, 11) is 0. The smallest absolute Gasteiger partial charge is 0.0508 e. The molecule has 0 saturated heterocycles. The molecule has 0 aromatic heterocycles. The molecule has 15 heavy (non-hydrogen) atoms. The zero-order chi connectivity index (χ0) is 11.6. The van der Waals surface area contributed by atoms with Crippen LogP contribution >= 0.6 is 0 Å². The lowest BCUT2D eigenvalue weighted by atomic mass is 9.82. The van der Waals surface area contributed by atoms with Crippen molar-refractivity contribution in [3.8, 4) is 0 Å². The molecule has 0 amide bonds. The van der Waals surface area contributed by atoms with Gasteiger partial charge in [-0.15, -0.1) is 0 Å². The molecule has 1 unspecified atom stereocenters. The van der Waals surface area contributed by atoms with Gasteiger partial charge >= 0.3 is 0 Å². The Hall–Kier alpha value is -0.860. The molecule has 0 bridgehead atoms. The summed E-state index contributed by atoms with van der Waals surface area (Å²) in [5.41, 5.74) is 6.87. The van der Waals surface area contributed by atoms with Gasteiger partial charge in [-0.05, 0) is 24.8 Å². The molecule has 0 spiro atoms. The fourth-order valence-electron chi connectivity index (χ4n) is 2.02. The number of benzene rings is 1. The second-order valence-corrected chi connectivity index (χ2v) is 5.39. The fourth-order valence-corrected chi connectivity index (χ4v) is 2.02. The van der Waals surface area contributed by atoms with Crippen LogP contribution in [-0.4, -0.2) is 0 Å². The molecule has 2 heteroatoms. The van der Waals surface area contributed by atoms with Crippen LogP contribution in [0.25, 0.3) is 0 Å². The Morgan fingerprint density at radius 2 is 1.53 bits per heavy atom. The summed E-state index contributed by atoms with van der Waals surface area (Å²) in [4.78, 5) is 0. The molecular formula is C13H22N2. The minimum Gasteiger partial charge on any atom is -0.271 e. The van der Waals surface area contributed by atoms with Crippen LogP contribution in [0.15, 0.2) is 18.2 Å². The molecule has 1 atom stereocenters. The largest absolute Gasteiger partial charge is 0.271 e. The summed E-state index contributed by atoms with van der Waals surface area (Å²) in [5.74, 6) is 5.64. The maximum Gasteiger partial charge on any atom is 0.0508 e. The normalized spacial score (nSPS) is 14.0. The maximum atomic E-state index is 5.64. The number of rotatable bonds is 2. The molecule has 0 aliphatic heterocycles. The molecule has 1 rings (SSSR count). The number of nitrogens with one attached hydrogen (secondary N) is 1. The highest BCUT2D eigenvalue weighted by Gasteiger charge is 2.25. The average molecular weight is 206 g/mol. The first-order valence-corrected chi connectivity index (χ1v) is 5.39. The van der Waals surface area contributed by atoms with E-state index in [2.05, 4.69) is 58.2 Å². The topological polar surface area (TPSA) is 38.0 Å². The van der Waals surface area contributed by atoms with Crippen molar-refractivity contribution in [3.05, 3.63) is 34.9 Å². The van der Waals surface area contributed by atoms with Crippen molar-refractivity contribution in [2.24, 2.45) is 11.3 Å². The molecule has 0 aliphatic rings. The fraction of sp³-hybridized carbons (Fsp3) is 0.538. The number of nitrogens with two attached hydrogens (primary N) is 1. The van der Waals surface area contributed by atoms with Gasteiger partial charge in [0.05, 0.1) is 6.04 Å². The first-order chi connectivity index (χ1) is 6.84. The summed E-state index contributed by atoms with van der Waals surface area (Å²) < 4.78 is 0. The summed E-state index contributed by atoms with van der Waals surface area (Å²) in [5, 5.41) is 0. The van der Waals surface area contributed by atoms with Gasteiger partial charge in [-0.25, -0.2) is 0 Å². The van der Waals surface area contributed by atoms with Gasteiger partial charge in [-0.2, -0.15) is 0 Å². The molecule has 0 aliphatic carbocycles. The molecule has 3 N–H and O–H groups in total. The highest BCUT2D eigenvalue weighted by Crippen LogP contribution is 2.32. The number of hydrazine groups is 1. The Bertz CT molecular complexity index is 317. The Balaban J connectivity index is 3.13. The SMILES string of the molecule is Cc1cc(C)cc(C(NN)C(C)(C)C)c1. The lowest BCUT2D eigenvalue weighted by Gasteiger charge is -2.30. The molecule has 0 fully saturated rings. The second-order valence-electron chi connectivity index (χ2n) is 5.39. The predicted molar refractivity (Wildman–Crippen MR) is 65.4 cm³/mol. The minimum atomic E-state index is 0.120. The number of hydrogen-bond donors (Lipinski definition) is 2. The Morgan fingerprint density at radius 3 is 1.87 bits per heavy atom. The van der Waals surface area contributed by atoms with Crippen molar-refractivity contribution in [1.82, 2.24) is 5.43 Å². The first-order valence-electron chi connectivity index (χ1n) is 5.39. The molecule has 0 saturated carbocycles. The van der Waals surface area contributed by atoms with Crippen LogP contribution in [0.4, 0.5) is 0 Å². The summed E-state index contributed by atoms with van der Waals surface area (Å²) in [6.45, 7) is 10.8. The maximum absolute atomic E-state index is 5.64. The van der Waals surface area contributed by atoms with E-state index in [0.29, 0.717) is 0 Å². The summed E-state index contributed by atoms with van der Waals surface area (Å²) >= 11 is 0. The first kappa shape index (κ1) is 12.2. The van der Waals surface area contributed by atoms with Crippen molar-refractivity contribution >= 4 is 0 Å². The van der Waals surface area contributed by atoms with Crippen LogP contribution in [0.2, 0.25) is 0 Å². The van der Waals surface area contributed by atoms with Gasteiger partial charge in [0, 0.05) is 0 Å². The molecule has 1 aromatic rings. The number of hydrogen-bond acceptors (Lipinski definition) is 2. The van der Waals surface area contributed by atoms with Gasteiger partial charge in [0.25, 0.3) is 0 Å². The van der Waals surface area contributed by atoms with Crippen molar-refractivity contribution in [2.75, 3.05) is 0 Å². The summed E-state index contributed by atoms with van der Waals surface area (Å²) in [6.07, 6.45) is 0.